The fraction of sp³-hybridized carbons (Fsp3) is 0. The summed E-state index contributed by atoms with van der Waals surface area (Å²) in [6, 6.07) is 13.0. The zero-order valence-corrected chi connectivity index (χ0v) is 13.2. The van der Waals surface area contributed by atoms with Gasteiger partial charge in [-0.25, -0.2) is 0 Å². The van der Waals surface area contributed by atoms with Gasteiger partial charge in [0.25, 0.3) is 5.91 Å². The van der Waals surface area contributed by atoms with E-state index in [2.05, 4.69) is 27.9 Å². The van der Waals surface area contributed by atoms with Gasteiger partial charge in [0.15, 0.2) is 0 Å². The molecule has 2 aromatic carbocycles. The lowest BCUT2D eigenvalue weighted by molar-refractivity contribution is -0.110. The fourth-order valence-corrected chi connectivity index (χ4v) is 2.93. The number of amides is 1. The summed E-state index contributed by atoms with van der Waals surface area (Å²) < 4.78 is 1.07. The van der Waals surface area contributed by atoms with Gasteiger partial charge in [-0.05, 0) is 52.4 Å². The molecular weight excluding hydrogens is 387 g/mol. The van der Waals surface area contributed by atoms with Crippen LogP contribution in [0.15, 0.2) is 42.5 Å². The second-order valence-corrected chi connectivity index (χ2v) is 6.13. The Bertz CT molecular complexity index is 755. The molecule has 0 spiro atoms. The molecule has 0 aliphatic carbocycles. The summed E-state index contributed by atoms with van der Waals surface area (Å²) in [5.41, 5.74) is 9.49. The fourth-order valence-electron chi connectivity index (χ4n) is 2.21. The third-order valence-corrected chi connectivity index (χ3v) is 4.04. The first-order valence-electron chi connectivity index (χ1n) is 5.93. The molecule has 0 fully saturated rings. The highest BCUT2D eigenvalue weighted by molar-refractivity contribution is 14.1. The maximum absolute atomic E-state index is 12.1. The Morgan fingerprint density at radius 3 is 2.75 bits per heavy atom. The van der Waals surface area contributed by atoms with E-state index in [1.54, 1.807) is 12.1 Å². The van der Waals surface area contributed by atoms with Crippen molar-refractivity contribution in [1.82, 2.24) is 0 Å². The number of halogens is 2. The molecule has 0 saturated heterocycles. The van der Waals surface area contributed by atoms with Crippen molar-refractivity contribution in [2.24, 2.45) is 5.73 Å². The van der Waals surface area contributed by atoms with E-state index in [1.165, 1.54) is 0 Å². The Morgan fingerprint density at radius 1 is 1.20 bits per heavy atom. The van der Waals surface area contributed by atoms with E-state index in [0.29, 0.717) is 22.0 Å². The van der Waals surface area contributed by atoms with Crippen LogP contribution < -0.4 is 11.1 Å². The average Bonchev–Trinajstić information content (AvgIpc) is 2.73. The van der Waals surface area contributed by atoms with Crippen LogP contribution in [0.2, 0.25) is 5.02 Å². The number of hydrogen-bond acceptors (Lipinski definition) is 2. The van der Waals surface area contributed by atoms with Gasteiger partial charge in [-0.1, -0.05) is 29.8 Å². The Labute approximate surface area is 135 Å². The third-order valence-electron chi connectivity index (χ3n) is 3.13. The zero-order valence-electron chi connectivity index (χ0n) is 10.3. The average molecular weight is 397 g/mol. The van der Waals surface area contributed by atoms with Gasteiger partial charge < -0.3 is 11.1 Å². The quantitative estimate of drug-likeness (QED) is 0.570. The first-order valence-corrected chi connectivity index (χ1v) is 7.39. The van der Waals surface area contributed by atoms with E-state index in [9.17, 15) is 4.79 Å². The van der Waals surface area contributed by atoms with Gasteiger partial charge in [0.1, 0.15) is 0 Å². The molecule has 0 unspecified atom stereocenters. The van der Waals surface area contributed by atoms with Crippen LogP contribution in [0, 0.1) is 3.57 Å². The monoisotopic (exact) mass is 396 g/mol. The Morgan fingerprint density at radius 2 is 2.00 bits per heavy atom. The maximum Gasteiger partial charge on any atom is 0.258 e. The molecule has 0 bridgehead atoms. The predicted molar refractivity (Wildman–Crippen MR) is 90.2 cm³/mol. The van der Waals surface area contributed by atoms with Crippen LogP contribution in [0.25, 0.3) is 11.3 Å². The minimum absolute atomic E-state index is 0.196. The van der Waals surface area contributed by atoms with Crippen LogP contribution in [-0.4, -0.2) is 5.91 Å². The van der Waals surface area contributed by atoms with Crippen molar-refractivity contribution < 1.29 is 4.79 Å². The van der Waals surface area contributed by atoms with Crippen LogP contribution in [0.1, 0.15) is 11.1 Å². The number of carbonyl (C=O) groups is 1. The van der Waals surface area contributed by atoms with Gasteiger partial charge in [-0.2, -0.15) is 0 Å². The molecule has 5 heteroatoms. The lowest BCUT2D eigenvalue weighted by Gasteiger charge is -2.06. The van der Waals surface area contributed by atoms with Gasteiger partial charge in [0.2, 0.25) is 0 Å². The summed E-state index contributed by atoms with van der Waals surface area (Å²) in [5, 5.41) is 3.37. The maximum atomic E-state index is 12.1. The van der Waals surface area contributed by atoms with Gasteiger partial charge >= 0.3 is 0 Å². The van der Waals surface area contributed by atoms with Crippen molar-refractivity contribution in [2.45, 2.75) is 0 Å². The molecular formula is C15H10ClIN2O. The van der Waals surface area contributed by atoms with E-state index in [-0.39, 0.29) is 5.91 Å². The number of benzene rings is 2. The molecule has 1 aliphatic heterocycles. The Kier molecular flexibility index (Phi) is 3.43. The molecule has 3 rings (SSSR count). The van der Waals surface area contributed by atoms with Gasteiger partial charge in [0.05, 0.1) is 17.0 Å². The minimum atomic E-state index is -0.196. The first-order chi connectivity index (χ1) is 9.56. The van der Waals surface area contributed by atoms with E-state index >= 15 is 0 Å². The van der Waals surface area contributed by atoms with Crippen LogP contribution in [-0.2, 0) is 4.79 Å². The molecule has 1 heterocycles. The number of rotatable bonds is 1. The second kappa shape index (κ2) is 5.10. The lowest BCUT2D eigenvalue weighted by atomic mass is 10.0. The molecule has 100 valence electrons. The van der Waals surface area contributed by atoms with Gasteiger partial charge in [-0.15, -0.1) is 0 Å². The first kappa shape index (κ1) is 13.5. The van der Waals surface area contributed by atoms with Crippen LogP contribution in [0.5, 0.6) is 0 Å². The topological polar surface area (TPSA) is 55.1 Å². The summed E-state index contributed by atoms with van der Waals surface area (Å²) in [7, 11) is 0. The van der Waals surface area contributed by atoms with E-state index in [0.717, 1.165) is 14.7 Å². The molecule has 0 saturated carbocycles. The lowest BCUT2D eigenvalue weighted by Crippen LogP contribution is -2.09. The van der Waals surface area contributed by atoms with E-state index < -0.39 is 0 Å². The predicted octanol–water partition coefficient (Wildman–Crippen LogP) is 3.72. The second-order valence-electron chi connectivity index (χ2n) is 4.44. The highest BCUT2D eigenvalue weighted by Crippen LogP contribution is 2.36. The molecule has 20 heavy (non-hydrogen) atoms. The van der Waals surface area contributed by atoms with Crippen LogP contribution in [0.4, 0.5) is 5.69 Å². The summed E-state index contributed by atoms with van der Waals surface area (Å²) in [6.45, 7) is 0. The Balaban J connectivity index is 2.19. The smallest absolute Gasteiger partial charge is 0.258 e. The van der Waals surface area contributed by atoms with Crippen molar-refractivity contribution in [3.8, 4) is 0 Å². The zero-order chi connectivity index (χ0) is 14.3. The normalized spacial score (nSPS) is 15.8. The number of fused-ring (bicyclic) bond motifs is 1. The van der Waals surface area contributed by atoms with Crippen molar-refractivity contribution in [1.29, 1.82) is 0 Å². The van der Waals surface area contributed by atoms with Crippen molar-refractivity contribution in [3.63, 3.8) is 0 Å². The number of nitrogens with one attached hydrogen (secondary N) is 1. The Hall–Kier alpha value is -1.53. The van der Waals surface area contributed by atoms with E-state index in [4.69, 9.17) is 17.3 Å². The summed E-state index contributed by atoms with van der Waals surface area (Å²) in [4.78, 5) is 12.1. The van der Waals surface area contributed by atoms with E-state index in [1.807, 2.05) is 30.3 Å². The van der Waals surface area contributed by atoms with Crippen LogP contribution >= 0.6 is 34.2 Å². The van der Waals surface area contributed by atoms with Crippen molar-refractivity contribution in [2.75, 3.05) is 5.32 Å². The number of hydrogen-bond donors (Lipinski definition) is 2. The number of carbonyl (C=O) groups excluding carboxylic acids is 1. The molecule has 2 aromatic rings. The molecule has 3 N–H and O–H groups in total. The SMILES string of the molecule is NC(=C1C(=O)Nc2cc(Cl)ccc21)c1cccc(I)c1. The molecule has 3 nitrogen and oxygen atoms in total. The van der Waals surface area contributed by atoms with Crippen molar-refractivity contribution >= 4 is 57.1 Å². The van der Waals surface area contributed by atoms with Crippen LogP contribution in [0.3, 0.4) is 0 Å². The molecule has 0 radical (unpaired) electrons. The highest BCUT2D eigenvalue weighted by Gasteiger charge is 2.27. The van der Waals surface area contributed by atoms with Gasteiger partial charge in [0, 0.05) is 14.2 Å². The summed E-state index contributed by atoms with van der Waals surface area (Å²) in [6.07, 6.45) is 0. The molecule has 1 amide bonds. The summed E-state index contributed by atoms with van der Waals surface area (Å²) in [5.74, 6) is -0.196. The molecule has 0 aromatic heterocycles. The minimum Gasteiger partial charge on any atom is -0.398 e. The third kappa shape index (κ3) is 2.29. The molecule has 1 aliphatic rings. The number of anilines is 1. The van der Waals surface area contributed by atoms with Crippen molar-refractivity contribution in [3.05, 3.63) is 62.2 Å². The standard InChI is InChI=1S/C15H10ClIN2O/c16-9-4-5-11-12(7-9)19-15(20)13(11)14(18)8-2-1-3-10(17)6-8/h1-7H,18H2,(H,19,20). The largest absolute Gasteiger partial charge is 0.398 e. The highest BCUT2D eigenvalue weighted by atomic mass is 127. The molecule has 0 atom stereocenters. The summed E-state index contributed by atoms with van der Waals surface area (Å²) >= 11 is 8.15. The number of nitrogens with two attached hydrogens (primary N) is 1. The van der Waals surface area contributed by atoms with Gasteiger partial charge in [-0.3, -0.25) is 4.79 Å².